The molecule has 4 heteroatoms. The van der Waals surface area contributed by atoms with Crippen molar-refractivity contribution in [3.05, 3.63) is 24.0 Å². The minimum atomic E-state index is 0.477. The number of aromatic nitrogens is 1. The molecule has 1 aromatic heterocycles. The number of nitrogens with one attached hydrogen (secondary N) is 1. The molecule has 1 fully saturated rings. The van der Waals surface area contributed by atoms with Crippen LogP contribution in [0.25, 0.3) is 0 Å². The summed E-state index contributed by atoms with van der Waals surface area (Å²) in [6, 6.07) is 6.36. The van der Waals surface area contributed by atoms with E-state index in [1.807, 2.05) is 12.1 Å². The van der Waals surface area contributed by atoms with E-state index in [1.165, 1.54) is 0 Å². The Morgan fingerprint density at radius 3 is 3.20 bits per heavy atom. The summed E-state index contributed by atoms with van der Waals surface area (Å²) in [5.41, 5.74) is 1.54. The van der Waals surface area contributed by atoms with Gasteiger partial charge in [-0.25, -0.2) is 4.98 Å². The van der Waals surface area contributed by atoms with Crippen molar-refractivity contribution in [1.29, 1.82) is 5.26 Å². The predicted octanol–water partition coefficient (Wildman–Crippen LogP) is 0.751. The smallest absolute Gasteiger partial charge is 0.142 e. The highest BCUT2D eigenvalue weighted by Crippen LogP contribution is 2.18. The lowest BCUT2D eigenvalue weighted by atomic mass is 10.2. The average molecular weight is 202 g/mol. The topological polar surface area (TPSA) is 52.0 Å². The van der Waals surface area contributed by atoms with E-state index in [1.54, 1.807) is 6.20 Å². The van der Waals surface area contributed by atoms with Crippen molar-refractivity contribution in [3.8, 4) is 6.07 Å². The molecule has 15 heavy (non-hydrogen) atoms. The van der Waals surface area contributed by atoms with Crippen LogP contribution < -0.4 is 10.2 Å². The molecule has 0 saturated carbocycles. The van der Waals surface area contributed by atoms with Gasteiger partial charge in [0, 0.05) is 31.5 Å². The molecule has 1 unspecified atom stereocenters. The third-order valence-electron chi connectivity index (χ3n) is 2.85. The molecule has 4 nitrogen and oxygen atoms in total. The fraction of sp³-hybridized carbons (Fsp3) is 0.455. The Bertz CT molecular complexity index is 376. The first-order chi connectivity index (χ1) is 7.31. The average Bonchev–Trinajstić information content (AvgIpc) is 2.81. The molecule has 1 aromatic rings. The third kappa shape index (κ3) is 2.08. The van der Waals surface area contributed by atoms with Crippen LogP contribution >= 0.6 is 0 Å². The SMILES string of the molecule is CN(c1ccnc(C#N)c1)C1CCNC1. The zero-order valence-electron chi connectivity index (χ0n) is 8.77. The molecule has 0 amide bonds. The van der Waals surface area contributed by atoms with Crippen LogP contribution in [0.5, 0.6) is 0 Å². The summed E-state index contributed by atoms with van der Waals surface area (Å²) < 4.78 is 0. The van der Waals surface area contributed by atoms with Gasteiger partial charge >= 0.3 is 0 Å². The normalized spacial score (nSPS) is 19.9. The predicted molar refractivity (Wildman–Crippen MR) is 58.6 cm³/mol. The van der Waals surface area contributed by atoms with Crippen molar-refractivity contribution in [3.63, 3.8) is 0 Å². The van der Waals surface area contributed by atoms with Gasteiger partial charge in [0.05, 0.1) is 0 Å². The zero-order chi connectivity index (χ0) is 10.7. The number of rotatable bonds is 2. The van der Waals surface area contributed by atoms with E-state index < -0.39 is 0 Å². The maximum Gasteiger partial charge on any atom is 0.142 e. The van der Waals surface area contributed by atoms with E-state index in [0.29, 0.717) is 11.7 Å². The Labute approximate surface area is 89.5 Å². The van der Waals surface area contributed by atoms with E-state index in [4.69, 9.17) is 5.26 Å². The first kappa shape index (κ1) is 9.94. The van der Waals surface area contributed by atoms with Gasteiger partial charge in [0.2, 0.25) is 0 Å². The summed E-state index contributed by atoms with van der Waals surface area (Å²) in [5, 5.41) is 12.1. The number of pyridine rings is 1. The molecule has 1 aliphatic rings. The monoisotopic (exact) mass is 202 g/mol. The van der Waals surface area contributed by atoms with Crippen molar-refractivity contribution < 1.29 is 0 Å². The van der Waals surface area contributed by atoms with Crippen LogP contribution in [0.3, 0.4) is 0 Å². The molecule has 0 radical (unpaired) electrons. The van der Waals surface area contributed by atoms with Crippen molar-refractivity contribution in [2.45, 2.75) is 12.5 Å². The Kier molecular flexibility index (Phi) is 2.84. The van der Waals surface area contributed by atoms with Gasteiger partial charge < -0.3 is 10.2 Å². The molecule has 0 aliphatic carbocycles. The van der Waals surface area contributed by atoms with Gasteiger partial charge in [0.15, 0.2) is 0 Å². The summed E-state index contributed by atoms with van der Waals surface area (Å²) in [6.07, 6.45) is 2.84. The van der Waals surface area contributed by atoms with Crippen molar-refractivity contribution >= 4 is 5.69 Å². The first-order valence-corrected chi connectivity index (χ1v) is 5.11. The number of likely N-dealkylation sites (N-methyl/N-ethyl adjacent to an activating group) is 1. The molecule has 1 saturated heterocycles. The summed E-state index contributed by atoms with van der Waals surface area (Å²) >= 11 is 0. The molecule has 2 rings (SSSR count). The van der Waals surface area contributed by atoms with Crippen LogP contribution in [-0.2, 0) is 0 Å². The molecule has 1 N–H and O–H groups in total. The van der Waals surface area contributed by atoms with Crippen LogP contribution in [0, 0.1) is 11.3 Å². The third-order valence-corrected chi connectivity index (χ3v) is 2.85. The number of hydrogen-bond acceptors (Lipinski definition) is 4. The molecule has 0 spiro atoms. The molecular weight excluding hydrogens is 188 g/mol. The molecule has 0 aromatic carbocycles. The fourth-order valence-corrected chi connectivity index (χ4v) is 1.88. The van der Waals surface area contributed by atoms with E-state index in [0.717, 1.165) is 25.2 Å². The van der Waals surface area contributed by atoms with Crippen LogP contribution in [0.1, 0.15) is 12.1 Å². The Balaban J connectivity index is 2.17. The van der Waals surface area contributed by atoms with Crippen molar-refractivity contribution in [2.24, 2.45) is 0 Å². The Morgan fingerprint density at radius 2 is 2.53 bits per heavy atom. The van der Waals surface area contributed by atoms with Gasteiger partial charge in [0.1, 0.15) is 11.8 Å². The highest BCUT2D eigenvalue weighted by Gasteiger charge is 2.19. The highest BCUT2D eigenvalue weighted by molar-refractivity contribution is 5.49. The molecule has 2 heterocycles. The molecule has 1 atom stereocenters. The van der Waals surface area contributed by atoms with E-state index in [9.17, 15) is 0 Å². The van der Waals surface area contributed by atoms with Gasteiger partial charge in [-0.15, -0.1) is 0 Å². The van der Waals surface area contributed by atoms with Gasteiger partial charge in [-0.1, -0.05) is 0 Å². The standard InChI is InChI=1S/C11H14N4/c1-15(11-2-4-13-8-11)10-3-5-14-9(6-10)7-12/h3,5-6,11,13H,2,4,8H2,1H3. The largest absolute Gasteiger partial charge is 0.370 e. The summed E-state index contributed by atoms with van der Waals surface area (Å²) in [6.45, 7) is 2.09. The maximum atomic E-state index is 8.77. The number of hydrogen-bond donors (Lipinski definition) is 1. The van der Waals surface area contributed by atoms with Gasteiger partial charge in [-0.2, -0.15) is 5.26 Å². The maximum absolute atomic E-state index is 8.77. The van der Waals surface area contributed by atoms with Crippen LogP contribution in [0.4, 0.5) is 5.69 Å². The number of nitriles is 1. The van der Waals surface area contributed by atoms with Gasteiger partial charge in [0.25, 0.3) is 0 Å². The minimum absolute atomic E-state index is 0.477. The first-order valence-electron chi connectivity index (χ1n) is 5.11. The van der Waals surface area contributed by atoms with Crippen molar-refractivity contribution in [2.75, 3.05) is 25.0 Å². The van der Waals surface area contributed by atoms with Crippen LogP contribution in [0.15, 0.2) is 18.3 Å². The molecular formula is C11H14N4. The quantitative estimate of drug-likeness (QED) is 0.769. The molecule has 0 bridgehead atoms. The number of nitrogens with zero attached hydrogens (tertiary/aromatic N) is 3. The summed E-state index contributed by atoms with van der Waals surface area (Å²) in [7, 11) is 2.06. The van der Waals surface area contributed by atoms with Crippen LogP contribution in [-0.4, -0.2) is 31.2 Å². The lowest BCUT2D eigenvalue weighted by molar-refractivity contribution is 0.685. The molecule has 1 aliphatic heterocycles. The van der Waals surface area contributed by atoms with E-state index in [-0.39, 0.29) is 0 Å². The lowest BCUT2D eigenvalue weighted by Gasteiger charge is -2.25. The lowest BCUT2D eigenvalue weighted by Crippen LogP contribution is -2.33. The summed E-state index contributed by atoms with van der Waals surface area (Å²) in [5.74, 6) is 0. The second kappa shape index (κ2) is 4.28. The molecule has 78 valence electrons. The Hall–Kier alpha value is -1.60. The number of anilines is 1. The second-order valence-corrected chi connectivity index (χ2v) is 3.77. The van der Waals surface area contributed by atoms with Gasteiger partial charge in [-0.3, -0.25) is 0 Å². The van der Waals surface area contributed by atoms with E-state index in [2.05, 4.69) is 28.3 Å². The fourth-order valence-electron chi connectivity index (χ4n) is 1.88. The minimum Gasteiger partial charge on any atom is -0.370 e. The van der Waals surface area contributed by atoms with Crippen molar-refractivity contribution in [1.82, 2.24) is 10.3 Å². The second-order valence-electron chi connectivity index (χ2n) is 3.77. The van der Waals surface area contributed by atoms with E-state index >= 15 is 0 Å². The highest BCUT2D eigenvalue weighted by atomic mass is 15.2. The Morgan fingerprint density at radius 1 is 1.67 bits per heavy atom. The summed E-state index contributed by atoms with van der Waals surface area (Å²) in [4.78, 5) is 6.17. The van der Waals surface area contributed by atoms with Crippen LogP contribution in [0.2, 0.25) is 0 Å². The van der Waals surface area contributed by atoms with Gasteiger partial charge in [-0.05, 0) is 25.1 Å². The zero-order valence-corrected chi connectivity index (χ0v) is 8.77.